The molecule has 1 aliphatic rings. The Morgan fingerprint density at radius 3 is 2.37 bits per heavy atom. The van der Waals surface area contributed by atoms with Crippen molar-refractivity contribution in [2.45, 2.75) is 51.5 Å². The van der Waals surface area contributed by atoms with E-state index in [4.69, 9.17) is 5.73 Å². The third kappa shape index (κ3) is 2.81. The average Bonchev–Trinajstić information content (AvgIpc) is 2.69. The van der Waals surface area contributed by atoms with Crippen LogP contribution in [0.25, 0.3) is 0 Å². The molecular formula is C14H20N2O2S. The standard InChI is InChI=1S/C14H20N2O2S/c1-9-8-11(10(2)19-9)12(17)16-14(13(15)18)6-4-3-5-7-14/h8H,3-7H2,1-2H3,(H2,15,18)(H,16,17). The molecule has 1 heterocycles. The minimum Gasteiger partial charge on any atom is -0.368 e. The van der Waals surface area contributed by atoms with Crippen molar-refractivity contribution in [2.24, 2.45) is 5.73 Å². The third-order valence-corrected chi connectivity index (χ3v) is 4.78. The van der Waals surface area contributed by atoms with Crippen LogP contribution in [0, 0.1) is 13.8 Å². The molecule has 1 aromatic rings. The second-order valence-electron chi connectivity index (χ2n) is 5.29. The number of nitrogens with one attached hydrogen (secondary N) is 1. The van der Waals surface area contributed by atoms with Crippen LogP contribution < -0.4 is 11.1 Å². The molecule has 0 bridgehead atoms. The fourth-order valence-electron chi connectivity index (χ4n) is 2.73. The zero-order valence-electron chi connectivity index (χ0n) is 11.4. The van der Waals surface area contributed by atoms with Crippen molar-refractivity contribution < 1.29 is 9.59 Å². The number of hydrogen-bond donors (Lipinski definition) is 2. The highest BCUT2D eigenvalue weighted by Crippen LogP contribution is 2.29. The van der Waals surface area contributed by atoms with E-state index in [1.165, 1.54) is 0 Å². The van der Waals surface area contributed by atoms with Crippen LogP contribution >= 0.6 is 11.3 Å². The van der Waals surface area contributed by atoms with Gasteiger partial charge in [-0.25, -0.2) is 0 Å². The number of thiophene rings is 1. The largest absolute Gasteiger partial charge is 0.368 e. The Bertz CT molecular complexity index is 502. The summed E-state index contributed by atoms with van der Waals surface area (Å²) in [6.45, 7) is 3.89. The molecule has 1 aromatic heterocycles. The van der Waals surface area contributed by atoms with Crippen LogP contribution in [0.4, 0.5) is 0 Å². The van der Waals surface area contributed by atoms with Gasteiger partial charge in [0.15, 0.2) is 0 Å². The van der Waals surface area contributed by atoms with Crippen LogP contribution in [0.1, 0.15) is 52.2 Å². The molecule has 1 saturated carbocycles. The molecule has 2 amide bonds. The predicted molar refractivity (Wildman–Crippen MR) is 76.3 cm³/mol. The quantitative estimate of drug-likeness (QED) is 0.891. The monoisotopic (exact) mass is 280 g/mol. The van der Waals surface area contributed by atoms with Crippen molar-refractivity contribution in [2.75, 3.05) is 0 Å². The SMILES string of the molecule is Cc1cc(C(=O)NC2(C(N)=O)CCCCC2)c(C)s1. The summed E-state index contributed by atoms with van der Waals surface area (Å²) in [7, 11) is 0. The summed E-state index contributed by atoms with van der Waals surface area (Å²) in [6, 6.07) is 1.87. The minimum atomic E-state index is -0.850. The van der Waals surface area contributed by atoms with Crippen molar-refractivity contribution in [3.05, 3.63) is 21.4 Å². The molecule has 19 heavy (non-hydrogen) atoms. The van der Waals surface area contributed by atoms with E-state index in [2.05, 4.69) is 5.32 Å². The second kappa shape index (κ2) is 5.33. The van der Waals surface area contributed by atoms with E-state index < -0.39 is 11.4 Å². The summed E-state index contributed by atoms with van der Waals surface area (Å²) < 4.78 is 0. The molecule has 4 nitrogen and oxygen atoms in total. The lowest BCUT2D eigenvalue weighted by Gasteiger charge is -2.35. The molecule has 0 spiro atoms. The molecule has 2 rings (SSSR count). The highest BCUT2D eigenvalue weighted by molar-refractivity contribution is 7.12. The van der Waals surface area contributed by atoms with Gasteiger partial charge in [0.2, 0.25) is 5.91 Å². The zero-order valence-corrected chi connectivity index (χ0v) is 12.2. The van der Waals surface area contributed by atoms with E-state index >= 15 is 0 Å². The highest BCUT2D eigenvalue weighted by Gasteiger charge is 2.39. The molecule has 1 aliphatic carbocycles. The van der Waals surface area contributed by atoms with Gasteiger partial charge in [0, 0.05) is 9.75 Å². The smallest absolute Gasteiger partial charge is 0.253 e. The maximum atomic E-state index is 12.3. The Morgan fingerprint density at radius 1 is 1.26 bits per heavy atom. The Balaban J connectivity index is 2.20. The Labute approximate surface area is 117 Å². The lowest BCUT2D eigenvalue weighted by atomic mass is 9.81. The number of rotatable bonds is 3. The first-order valence-corrected chi connectivity index (χ1v) is 7.46. The lowest BCUT2D eigenvalue weighted by molar-refractivity contribution is -0.125. The molecule has 0 atom stereocenters. The fraction of sp³-hybridized carbons (Fsp3) is 0.571. The van der Waals surface area contributed by atoms with E-state index in [-0.39, 0.29) is 5.91 Å². The summed E-state index contributed by atoms with van der Waals surface area (Å²) in [5, 5.41) is 2.90. The van der Waals surface area contributed by atoms with Crippen LogP contribution in [0.3, 0.4) is 0 Å². The number of primary amides is 1. The molecule has 0 saturated heterocycles. The van der Waals surface area contributed by atoms with Gasteiger partial charge in [-0.1, -0.05) is 19.3 Å². The first kappa shape index (κ1) is 14.1. The van der Waals surface area contributed by atoms with Gasteiger partial charge >= 0.3 is 0 Å². The summed E-state index contributed by atoms with van der Waals surface area (Å²) >= 11 is 1.59. The Morgan fingerprint density at radius 2 is 1.89 bits per heavy atom. The number of nitrogens with two attached hydrogens (primary N) is 1. The number of aryl methyl sites for hydroxylation is 2. The van der Waals surface area contributed by atoms with Gasteiger partial charge in [0.05, 0.1) is 5.56 Å². The molecular weight excluding hydrogens is 260 g/mol. The van der Waals surface area contributed by atoms with E-state index in [1.54, 1.807) is 11.3 Å². The minimum absolute atomic E-state index is 0.178. The van der Waals surface area contributed by atoms with E-state index in [9.17, 15) is 9.59 Å². The van der Waals surface area contributed by atoms with Crippen LogP contribution in [-0.2, 0) is 4.79 Å². The third-order valence-electron chi connectivity index (χ3n) is 3.82. The van der Waals surface area contributed by atoms with Crippen LogP contribution in [0.2, 0.25) is 0 Å². The van der Waals surface area contributed by atoms with Crippen molar-refractivity contribution in [1.82, 2.24) is 5.32 Å². The van der Waals surface area contributed by atoms with Crippen LogP contribution in [0.5, 0.6) is 0 Å². The maximum Gasteiger partial charge on any atom is 0.253 e. The van der Waals surface area contributed by atoms with Crippen molar-refractivity contribution in [1.29, 1.82) is 0 Å². The number of hydrogen-bond acceptors (Lipinski definition) is 3. The van der Waals surface area contributed by atoms with Crippen molar-refractivity contribution in [3.63, 3.8) is 0 Å². The van der Waals surface area contributed by atoms with Gasteiger partial charge in [-0.3, -0.25) is 9.59 Å². The summed E-state index contributed by atoms with van der Waals surface area (Å²) in [5.74, 6) is -0.590. The summed E-state index contributed by atoms with van der Waals surface area (Å²) in [5.41, 5.74) is 5.33. The first-order chi connectivity index (χ1) is 8.94. The first-order valence-electron chi connectivity index (χ1n) is 6.64. The summed E-state index contributed by atoms with van der Waals surface area (Å²) in [6.07, 6.45) is 4.27. The molecule has 3 N–H and O–H groups in total. The molecule has 5 heteroatoms. The Hall–Kier alpha value is -1.36. The van der Waals surface area contributed by atoms with Crippen molar-refractivity contribution >= 4 is 23.2 Å². The molecule has 0 unspecified atom stereocenters. The second-order valence-corrected chi connectivity index (χ2v) is 6.75. The normalized spacial score (nSPS) is 18.0. The molecule has 0 radical (unpaired) electrons. The predicted octanol–water partition coefficient (Wildman–Crippen LogP) is 2.28. The zero-order chi connectivity index (χ0) is 14.0. The highest BCUT2D eigenvalue weighted by atomic mass is 32.1. The van der Waals surface area contributed by atoms with Gasteiger partial charge in [0.1, 0.15) is 5.54 Å². The molecule has 0 aromatic carbocycles. The van der Waals surface area contributed by atoms with Gasteiger partial charge in [-0.15, -0.1) is 11.3 Å². The lowest BCUT2D eigenvalue weighted by Crippen LogP contribution is -2.58. The summed E-state index contributed by atoms with van der Waals surface area (Å²) in [4.78, 5) is 26.2. The van der Waals surface area contributed by atoms with Gasteiger partial charge < -0.3 is 11.1 Å². The fourth-order valence-corrected chi connectivity index (χ4v) is 3.65. The van der Waals surface area contributed by atoms with Gasteiger partial charge in [0.25, 0.3) is 5.91 Å². The number of carbonyl (C=O) groups excluding carboxylic acids is 2. The molecule has 0 aliphatic heterocycles. The maximum absolute atomic E-state index is 12.3. The molecule has 1 fully saturated rings. The van der Waals surface area contributed by atoms with Crippen LogP contribution in [-0.4, -0.2) is 17.4 Å². The number of carbonyl (C=O) groups is 2. The van der Waals surface area contributed by atoms with Crippen LogP contribution in [0.15, 0.2) is 6.07 Å². The van der Waals surface area contributed by atoms with Gasteiger partial charge in [-0.2, -0.15) is 0 Å². The molecule has 104 valence electrons. The average molecular weight is 280 g/mol. The van der Waals surface area contributed by atoms with E-state index in [0.717, 1.165) is 29.0 Å². The van der Waals surface area contributed by atoms with E-state index in [1.807, 2.05) is 19.9 Å². The topological polar surface area (TPSA) is 72.2 Å². The van der Waals surface area contributed by atoms with Gasteiger partial charge in [-0.05, 0) is 32.8 Å². The Kier molecular flexibility index (Phi) is 3.94. The van der Waals surface area contributed by atoms with Crippen molar-refractivity contribution in [3.8, 4) is 0 Å². The number of amides is 2. The van der Waals surface area contributed by atoms with E-state index in [0.29, 0.717) is 18.4 Å².